The molecule has 8 rings (SSSR count). The molecule has 16 nitrogen and oxygen atoms in total. The number of rotatable bonds is 14. The van der Waals surface area contributed by atoms with Gasteiger partial charge in [-0.2, -0.15) is 52.6 Å². The van der Waals surface area contributed by atoms with E-state index >= 15 is 0 Å². The molecule has 4 aromatic heterocycles. The van der Waals surface area contributed by atoms with Crippen molar-refractivity contribution in [3.63, 3.8) is 0 Å². The van der Waals surface area contributed by atoms with Crippen LogP contribution in [0.1, 0.15) is 87.5 Å². The SMILES string of the molecule is CCc1ccccc1-c1nc(NS(=O)(=O)c2cccc(F)n2)ccc1C(F)(F)F.CCc1ccccc1-c1nc(NS(=O)(=O)c2cccc(OC3CCC(C(=O)O)CC3)n2)ccc1C(F)(F)F.O=C(O)C1CCC(O)CC1. The lowest BCUT2D eigenvalue weighted by Gasteiger charge is -2.26. The van der Waals surface area contributed by atoms with Crippen LogP contribution in [0, 0.1) is 17.8 Å². The molecule has 0 amide bonds. The van der Waals surface area contributed by atoms with Crippen LogP contribution in [0.15, 0.2) is 119 Å². The standard InChI is InChI=1S/C26H26F3N3O5S.C19H15F4N3O2S.C7H12O3/c1-2-16-6-3-4-7-19(16)24-20(26(27,28)29)14-15-21(30-24)32-38(35,36)23-9-5-8-22(31-23)37-18-12-10-17(11-13-18)25(33)34;1-2-12-6-3-4-7-13(12)18-14(19(21,22)23)10-11-16(25-18)26-29(27,28)17-9-5-8-15(20)24-17;8-6-3-1-5(2-4-6)7(9)10/h3-9,14-15,17-18H,2,10-13H2,1H3,(H,30,32)(H,33,34);3-11H,2H2,1H3,(H,25,26);5-6,8H,1-4H2,(H,9,10). The molecule has 0 unspecified atom stereocenters. The lowest BCUT2D eigenvalue weighted by molar-refractivity contribution is -0.144. The van der Waals surface area contributed by atoms with Crippen molar-refractivity contribution in [1.82, 2.24) is 19.9 Å². The molecule has 0 aliphatic heterocycles. The number of aliphatic hydroxyl groups excluding tert-OH is 1. The van der Waals surface area contributed by atoms with E-state index in [-0.39, 0.29) is 52.5 Å². The number of aliphatic carboxylic acids is 2. The minimum absolute atomic E-state index is 0.0459. The minimum Gasteiger partial charge on any atom is -0.481 e. The molecular weight excluding hydrogens is 1070 g/mol. The number of benzene rings is 2. The number of alkyl halides is 6. The number of aromatic nitrogens is 4. The number of aliphatic hydroxyl groups is 1. The van der Waals surface area contributed by atoms with Crippen LogP contribution < -0.4 is 14.2 Å². The Morgan fingerprint density at radius 3 is 1.39 bits per heavy atom. The van der Waals surface area contributed by atoms with Gasteiger partial charge < -0.3 is 20.1 Å². The van der Waals surface area contributed by atoms with Crippen molar-refractivity contribution in [3.05, 3.63) is 137 Å². The van der Waals surface area contributed by atoms with Crippen molar-refractivity contribution in [2.75, 3.05) is 9.44 Å². The lowest BCUT2D eigenvalue weighted by Crippen LogP contribution is -2.28. The van der Waals surface area contributed by atoms with E-state index in [2.05, 4.69) is 29.4 Å². The highest BCUT2D eigenvalue weighted by molar-refractivity contribution is 7.93. The summed E-state index contributed by atoms with van der Waals surface area (Å²) in [5.41, 5.74) is -0.995. The highest BCUT2D eigenvalue weighted by atomic mass is 32.2. The van der Waals surface area contributed by atoms with Gasteiger partial charge in [0.1, 0.15) is 17.7 Å². The number of aryl methyl sites for hydroxylation is 2. The molecule has 0 atom stereocenters. The zero-order valence-electron chi connectivity index (χ0n) is 41.2. The molecule has 77 heavy (non-hydrogen) atoms. The molecule has 0 radical (unpaired) electrons. The van der Waals surface area contributed by atoms with Crippen LogP contribution in [0.4, 0.5) is 42.4 Å². The van der Waals surface area contributed by atoms with Crippen molar-refractivity contribution >= 4 is 43.6 Å². The van der Waals surface area contributed by atoms with Crippen LogP contribution in [0.5, 0.6) is 5.88 Å². The smallest absolute Gasteiger partial charge is 0.418 e. The molecule has 0 spiro atoms. The molecule has 2 aromatic carbocycles. The molecule has 2 saturated carbocycles. The van der Waals surface area contributed by atoms with Crippen LogP contribution >= 0.6 is 0 Å². The molecule has 2 aliphatic rings. The second-order valence-electron chi connectivity index (χ2n) is 17.8. The molecule has 2 fully saturated rings. The molecule has 412 valence electrons. The number of halogens is 7. The molecule has 5 N–H and O–H groups in total. The van der Waals surface area contributed by atoms with Gasteiger partial charge in [-0.15, -0.1) is 0 Å². The third kappa shape index (κ3) is 15.9. The Morgan fingerprint density at radius 2 is 0.974 bits per heavy atom. The van der Waals surface area contributed by atoms with Crippen molar-refractivity contribution in [3.8, 4) is 28.4 Å². The van der Waals surface area contributed by atoms with E-state index in [1.165, 1.54) is 30.3 Å². The number of carbonyl (C=O) groups is 2. The third-order valence-corrected chi connectivity index (χ3v) is 15.0. The van der Waals surface area contributed by atoms with E-state index in [4.69, 9.17) is 20.1 Å². The molecule has 0 bridgehead atoms. The Bertz CT molecular complexity index is 3260. The normalized spacial score (nSPS) is 17.8. The van der Waals surface area contributed by atoms with E-state index in [1.54, 1.807) is 50.2 Å². The fraction of sp³-hybridized carbons (Fsp3) is 0.346. The number of hydrogen-bond acceptors (Lipinski definition) is 12. The Hall–Kier alpha value is -7.25. The molecule has 4 heterocycles. The van der Waals surface area contributed by atoms with Gasteiger partial charge in [0.2, 0.25) is 11.8 Å². The monoisotopic (exact) mass is 1120 g/mol. The first-order valence-corrected chi connectivity index (χ1v) is 27.0. The fourth-order valence-electron chi connectivity index (χ4n) is 8.47. The average molecular weight is 1120 g/mol. The zero-order chi connectivity index (χ0) is 56.3. The number of carboxylic acids is 2. The topological polar surface area (TPSA) is 248 Å². The summed E-state index contributed by atoms with van der Waals surface area (Å²) in [5, 5.41) is 25.7. The maximum atomic E-state index is 13.8. The summed E-state index contributed by atoms with van der Waals surface area (Å²) >= 11 is 0. The van der Waals surface area contributed by atoms with Gasteiger partial charge in [0.25, 0.3) is 20.0 Å². The largest absolute Gasteiger partial charge is 0.481 e. The number of anilines is 2. The summed E-state index contributed by atoms with van der Waals surface area (Å²) in [7, 11) is -8.67. The highest BCUT2D eigenvalue weighted by Gasteiger charge is 2.37. The Kier molecular flexibility index (Phi) is 19.4. The van der Waals surface area contributed by atoms with Gasteiger partial charge in [-0.05, 0) is 118 Å². The van der Waals surface area contributed by atoms with Gasteiger partial charge in [0, 0.05) is 17.2 Å². The first-order chi connectivity index (χ1) is 36.3. The van der Waals surface area contributed by atoms with Crippen LogP contribution in [-0.4, -0.2) is 76.2 Å². The van der Waals surface area contributed by atoms with Gasteiger partial charge in [-0.3, -0.25) is 19.0 Å². The van der Waals surface area contributed by atoms with Gasteiger partial charge in [0.05, 0.1) is 40.5 Å². The molecule has 6 aromatic rings. The summed E-state index contributed by atoms with van der Waals surface area (Å²) in [4.78, 5) is 36.8. The van der Waals surface area contributed by atoms with Gasteiger partial charge in [-0.25, -0.2) is 15.0 Å². The van der Waals surface area contributed by atoms with E-state index < -0.39 is 83.1 Å². The summed E-state index contributed by atoms with van der Waals surface area (Å²) in [6.07, 6.45) is -4.58. The predicted octanol–water partition coefficient (Wildman–Crippen LogP) is 10.8. The van der Waals surface area contributed by atoms with Gasteiger partial charge in [0.15, 0.2) is 10.1 Å². The quantitative estimate of drug-likeness (QED) is 0.0503. The highest BCUT2D eigenvalue weighted by Crippen LogP contribution is 2.40. The van der Waals surface area contributed by atoms with Crippen LogP contribution in [0.3, 0.4) is 0 Å². The first kappa shape index (κ1) is 59.0. The Labute approximate surface area is 438 Å². The van der Waals surface area contributed by atoms with Crippen molar-refractivity contribution in [2.45, 2.75) is 113 Å². The number of pyridine rings is 4. The number of ether oxygens (including phenoxy) is 1. The molecular formula is C52H53F7N6O10S2. The summed E-state index contributed by atoms with van der Waals surface area (Å²) in [5.74, 6) is -3.79. The van der Waals surface area contributed by atoms with Gasteiger partial charge in [-0.1, -0.05) is 74.5 Å². The molecule has 25 heteroatoms. The fourth-order valence-corrected chi connectivity index (χ4v) is 10.4. The Balaban J connectivity index is 0.000000216. The number of nitrogens with zero attached hydrogens (tertiary/aromatic N) is 4. The van der Waals surface area contributed by atoms with Crippen LogP contribution in [0.25, 0.3) is 22.5 Å². The number of sulfonamides is 2. The summed E-state index contributed by atoms with van der Waals surface area (Å²) in [6, 6.07) is 23.7. The minimum atomic E-state index is -4.70. The van der Waals surface area contributed by atoms with Crippen molar-refractivity contribution in [1.29, 1.82) is 0 Å². The van der Waals surface area contributed by atoms with E-state index in [1.807, 2.05) is 0 Å². The van der Waals surface area contributed by atoms with Crippen LogP contribution in [-0.2, 0) is 54.8 Å². The summed E-state index contributed by atoms with van der Waals surface area (Å²) in [6.45, 7) is 3.59. The van der Waals surface area contributed by atoms with Crippen molar-refractivity contribution < 1.29 is 77.2 Å². The predicted molar refractivity (Wildman–Crippen MR) is 268 cm³/mol. The van der Waals surface area contributed by atoms with E-state index in [0.29, 0.717) is 75.3 Å². The average Bonchev–Trinajstić information content (AvgIpc) is 3.38. The number of nitrogens with one attached hydrogen (secondary N) is 2. The second kappa shape index (κ2) is 25.3. The lowest BCUT2D eigenvalue weighted by atomic mass is 9.87. The maximum Gasteiger partial charge on any atom is 0.418 e. The van der Waals surface area contributed by atoms with Gasteiger partial charge >= 0.3 is 24.3 Å². The zero-order valence-corrected chi connectivity index (χ0v) is 42.9. The van der Waals surface area contributed by atoms with Crippen molar-refractivity contribution in [2.24, 2.45) is 11.8 Å². The van der Waals surface area contributed by atoms with E-state index in [9.17, 15) is 57.2 Å². The second-order valence-corrected chi connectivity index (χ2v) is 21.1. The number of hydrogen-bond donors (Lipinski definition) is 5. The molecule has 2 aliphatic carbocycles. The number of carboxylic acid groups (broad SMARTS) is 2. The Morgan fingerprint density at radius 1 is 0.558 bits per heavy atom. The van der Waals surface area contributed by atoms with E-state index in [0.717, 1.165) is 42.5 Å². The third-order valence-electron chi connectivity index (χ3n) is 12.5. The van der Waals surface area contributed by atoms with Crippen LogP contribution in [0.2, 0.25) is 0 Å². The molecule has 0 saturated heterocycles. The maximum absolute atomic E-state index is 13.8. The first-order valence-electron chi connectivity index (χ1n) is 24.1. The summed E-state index contributed by atoms with van der Waals surface area (Å²) < 4.78 is 156.